The molecule has 0 radical (unpaired) electrons. The number of fused-ring (bicyclic) bond motifs is 1. The van der Waals surface area contributed by atoms with Crippen molar-refractivity contribution < 1.29 is 9.53 Å². The molecule has 2 nitrogen and oxygen atoms in total. The number of ether oxygens (including phenoxy) is 1. The highest BCUT2D eigenvalue weighted by molar-refractivity contribution is 7.17. The van der Waals surface area contributed by atoms with Crippen LogP contribution in [-0.4, -0.2) is 12.4 Å². The van der Waals surface area contributed by atoms with Crippen LogP contribution >= 0.6 is 22.9 Å². The van der Waals surface area contributed by atoms with Crippen LogP contribution in [0.2, 0.25) is 0 Å². The van der Waals surface area contributed by atoms with Gasteiger partial charge in [0.25, 0.3) is 0 Å². The molecular formula is C11H9ClO2S. The van der Waals surface area contributed by atoms with Crippen molar-refractivity contribution in [2.75, 3.05) is 7.11 Å². The number of carbonyl (C=O) groups is 1. The van der Waals surface area contributed by atoms with Crippen molar-refractivity contribution in [2.45, 2.75) is 6.42 Å². The summed E-state index contributed by atoms with van der Waals surface area (Å²) < 4.78 is 6.24. The minimum absolute atomic E-state index is 0.286. The summed E-state index contributed by atoms with van der Waals surface area (Å²) in [4.78, 5) is 10.8. The van der Waals surface area contributed by atoms with Crippen molar-refractivity contribution in [2.24, 2.45) is 0 Å². The van der Waals surface area contributed by atoms with Gasteiger partial charge in [-0.05, 0) is 46.1 Å². The monoisotopic (exact) mass is 240 g/mol. The second kappa shape index (κ2) is 4.21. The second-order valence-electron chi connectivity index (χ2n) is 3.15. The third-order valence-electron chi connectivity index (χ3n) is 2.19. The van der Waals surface area contributed by atoms with Gasteiger partial charge in [-0.2, -0.15) is 0 Å². The normalized spacial score (nSPS) is 10.5. The summed E-state index contributed by atoms with van der Waals surface area (Å²) in [5.74, 6) is 0.827. The number of hydrogen-bond donors (Lipinski definition) is 0. The number of rotatable bonds is 3. The molecule has 15 heavy (non-hydrogen) atoms. The summed E-state index contributed by atoms with van der Waals surface area (Å²) in [5, 5.41) is 2.71. The Kier molecular flexibility index (Phi) is 2.93. The summed E-state index contributed by atoms with van der Waals surface area (Å²) in [6.45, 7) is 0. The zero-order valence-electron chi connectivity index (χ0n) is 8.12. The highest BCUT2D eigenvalue weighted by Crippen LogP contribution is 2.29. The summed E-state index contributed by atoms with van der Waals surface area (Å²) in [5.41, 5.74) is 0.984. The van der Waals surface area contributed by atoms with E-state index >= 15 is 0 Å². The number of hydrogen-bond acceptors (Lipinski definition) is 3. The Bertz CT molecular complexity index is 504. The fourth-order valence-electron chi connectivity index (χ4n) is 1.48. The lowest BCUT2D eigenvalue weighted by Gasteiger charge is -1.99. The fraction of sp³-hybridized carbons (Fsp3) is 0.182. The van der Waals surface area contributed by atoms with Crippen LogP contribution in [0.5, 0.6) is 5.75 Å². The Morgan fingerprint density at radius 2 is 2.33 bits per heavy atom. The van der Waals surface area contributed by atoms with E-state index in [4.69, 9.17) is 16.3 Å². The molecule has 0 atom stereocenters. The summed E-state index contributed by atoms with van der Waals surface area (Å²) in [6.07, 6.45) is 0.286. The zero-order chi connectivity index (χ0) is 10.8. The molecule has 0 aliphatic rings. The molecule has 2 rings (SSSR count). The van der Waals surface area contributed by atoms with E-state index in [2.05, 4.69) is 0 Å². The standard InChI is InChI=1S/C11H9ClO2S/c1-14-8-2-3-9-7(4-11(12)13)6-15-10(9)5-8/h2-3,5-6H,4H2,1H3. The lowest BCUT2D eigenvalue weighted by molar-refractivity contribution is -0.111. The lowest BCUT2D eigenvalue weighted by atomic mass is 10.1. The molecule has 0 fully saturated rings. The molecule has 0 N–H and O–H groups in total. The molecule has 0 saturated carbocycles. The molecule has 0 saturated heterocycles. The Morgan fingerprint density at radius 1 is 1.53 bits per heavy atom. The van der Waals surface area contributed by atoms with E-state index in [1.807, 2.05) is 23.6 Å². The average Bonchev–Trinajstić information content (AvgIpc) is 2.60. The molecule has 0 unspecified atom stereocenters. The Labute approximate surface area is 96.4 Å². The number of halogens is 1. The lowest BCUT2D eigenvalue weighted by Crippen LogP contribution is -1.91. The zero-order valence-corrected chi connectivity index (χ0v) is 9.69. The predicted molar refractivity (Wildman–Crippen MR) is 62.9 cm³/mol. The van der Waals surface area contributed by atoms with Gasteiger partial charge in [-0.25, -0.2) is 0 Å². The van der Waals surface area contributed by atoms with Crippen LogP contribution in [0.4, 0.5) is 0 Å². The highest BCUT2D eigenvalue weighted by atomic mass is 35.5. The average molecular weight is 241 g/mol. The van der Waals surface area contributed by atoms with Crippen LogP contribution in [0.15, 0.2) is 23.6 Å². The quantitative estimate of drug-likeness (QED) is 0.770. The topological polar surface area (TPSA) is 26.3 Å². The van der Waals surface area contributed by atoms with Crippen molar-refractivity contribution in [3.63, 3.8) is 0 Å². The van der Waals surface area contributed by atoms with E-state index in [0.29, 0.717) is 0 Å². The maximum Gasteiger partial charge on any atom is 0.226 e. The SMILES string of the molecule is COc1ccc2c(CC(=O)Cl)csc2c1. The Morgan fingerprint density at radius 3 is 3.00 bits per heavy atom. The van der Waals surface area contributed by atoms with Crippen molar-refractivity contribution in [3.05, 3.63) is 29.1 Å². The van der Waals surface area contributed by atoms with E-state index in [1.54, 1.807) is 18.4 Å². The molecule has 0 aliphatic carbocycles. The number of thiophene rings is 1. The van der Waals surface area contributed by atoms with Crippen molar-refractivity contribution >= 4 is 38.3 Å². The van der Waals surface area contributed by atoms with E-state index in [-0.39, 0.29) is 11.7 Å². The van der Waals surface area contributed by atoms with E-state index in [9.17, 15) is 4.79 Å². The van der Waals surface area contributed by atoms with E-state index in [1.165, 1.54) is 0 Å². The number of carbonyl (C=O) groups excluding carboxylic acids is 1. The van der Waals surface area contributed by atoms with Gasteiger partial charge in [0, 0.05) is 11.1 Å². The Hall–Kier alpha value is -1.06. The first kappa shape index (κ1) is 10.5. The van der Waals surface area contributed by atoms with Gasteiger partial charge in [0.15, 0.2) is 0 Å². The summed E-state index contributed by atoms with van der Waals surface area (Å²) >= 11 is 6.96. The van der Waals surface area contributed by atoms with Gasteiger partial charge < -0.3 is 4.74 Å². The van der Waals surface area contributed by atoms with Crippen LogP contribution in [0.1, 0.15) is 5.56 Å². The number of methoxy groups -OCH3 is 1. The minimum Gasteiger partial charge on any atom is -0.497 e. The first-order chi connectivity index (χ1) is 7.20. The van der Waals surface area contributed by atoms with Gasteiger partial charge in [0.05, 0.1) is 7.11 Å². The predicted octanol–water partition coefficient (Wildman–Crippen LogP) is 3.22. The fourth-order valence-corrected chi connectivity index (χ4v) is 2.61. The van der Waals surface area contributed by atoms with Crippen molar-refractivity contribution in [3.8, 4) is 5.75 Å². The van der Waals surface area contributed by atoms with Gasteiger partial charge in [-0.15, -0.1) is 11.3 Å². The molecular weight excluding hydrogens is 232 g/mol. The molecule has 78 valence electrons. The smallest absolute Gasteiger partial charge is 0.226 e. The van der Waals surface area contributed by atoms with Crippen LogP contribution < -0.4 is 4.74 Å². The maximum atomic E-state index is 10.8. The third-order valence-corrected chi connectivity index (χ3v) is 3.32. The van der Waals surface area contributed by atoms with Crippen LogP contribution in [0.25, 0.3) is 10.1 Å². The van der Waals surface area contributed by atoms with Gasteiger partial charge in [-0.1, -0.05) is 0 Å². The molecule has 1 aromatic heterocycles. The van der Waals surface area contributed by atoms with Crippen LogP contribution in [0, 0.1) is 0 Å². The van der Waals surface area contributed by atoms with Crippen molar-refractivity contribution in [1.29, 1.82) is 0 Å². The van der Waals surface area contributed by atoms with Crippen LogP contribution in [0.3, 0.4) is 0 Å². The van der Waals surface area contributed by atoms with E-state index in [0.717, 1.165) is 21.4 Å². The summed E-state index contributed by atoms with van der Waals surface area (Å²) in [7, 11) is 1.64. The first-order valence-electron chi connectivity index (χ1n) is 4.43. The third kappa shape index (κ3) is 2.13. The van der Waals surface area contributed by atoms with Crippen molar-refractivity contribution in [1.82, 2.24) is 0 Å². The molecule has 1 aromatic carbocycles. The molecule has 0 aliphatic heterocycles. The Balaban J connectivity index is 2.47. The van der Waals surface area contributed by atoms with Gasteiger partial charge >= 0.3 is 0 Å². The maximum absolute atomic E-state index is 10.8. The summed E-state index contributed by atoms with van der Waals surface area (Å²) in [6, 6.07) is 5.80. The molecule has 2 aromatic rings. The molecule has 0 amide bonds. The number of benzene rings is 1. The van der Waals surface area contributed by atoms with Crippen LogP contribution in [-0.2, 0) is 11.2 Å². The van der Waals surface area contributed by atoms with Gasteiger partial charge in [0.1, 0.15) is 5.75 Å². The largest absolute Gasteiger partial charge is 0.497 e. The second-order valence-corrected chi connectivity index (χ2v) is 4.49. The van der Waals surface area contributed by atoms with Gasteiger partial charge in [-0.3, -0.25) is 4.79 Å². The molecule has 1 heterocycles. The first-order valence-corrected chi connectivity index (χ1v) is 5.69. The molecule has 0 bridgehead atoms. The van der Waals surface area contributed by atoms with Gasteiger partial charge in [0.2, 0.25) is 5.24 Å². The minimum atomic E-state index is -0.328. The highest BCUT2D eigenvalue weighted by Gasteiger charge is 2.07. The van der Waals surface area contributed by atoms with E-state index < -0.39 is 0 Å². The molecule has 0 spiro atoms. The molecule has 4 heteroatoms.